The Bertz CT molecular complexity index is 315. The molecule has 1 rings (SSSR count). The summed E-state index contributed by atoms with van der Waals surface area (Å²) in [6.45, 7) is 0.639. The van der Waals surface area contributed by atoms with Gasteiger partial charge in [-0.05, 0) is 46.9 Å². The van der Waals surface area contributed by atoms with Crippen LogP contribution in [0.15, 0.2) is 16.6 Å². The first-order valence-corrected chi connectivity index (χ1v) is 5.24. The van der Waals surface area contributed by atoms with Gasteiger partial charge in [0.25, 0.3) is 0 Å². The molecule has 0 aromatic heterocycles. The van der Waals surface area contributed by atoms with Gasteiger partial charge in [0.1, 0.15) is 0 Å². The Balaban J connectivity index is 2.98. The first-order chi connectivity index (χ1) is 6.70. The Hall–Kier alpha value is -0.740. The van der Waals surface area contributed by atoms with E-state index in [1.165, 1.54) is 0 Å². The fraction of sp³-hybridized carbons (Fsp3) is 0.400. The molecule has 0 atom stereocenters. The van der Waals surface area contributed by atoms with Gasteiger partial charge in [0, 0.05) is 0 Å². The molecule has 0 unspecified atom stereocenters. The van der Waals surface area contributed by atoms with Crippen molar-refractivity contribution in [3.8, 4) is 11.5 Å². The van der Waals surface area contributed by atoms with Gasteiger partial charge in [0.15, 0.2) is 11.5 Å². The molecule has 0 heterocycles. The highest BCUT2D eigenvalue weighted by atomic mass is 79.9. The first kappa shape index (κ1) is 11.3. The number of methoxy groups -OCH3 is 1. The Morgan fingerprint density at radius 1 is 1.50 bits per heavy atom. The molecular formula is C10H14BrNO2. The van der Waals surface area contributed by atoms with Gasteiger partial charge in [0.05, 0.1) is 11.6 Å². The molecule has 14 heavy (non-hydrogen) atoms. The van der Waals surface area contributed by atoms with Gasteiger partial charge in [0.2, 0.25) is 0 Å². The van der Waals surface area contributed by atoms with Crippen LogP contribution in [0.4, 0.5) is 0 Å². The molecule has 1 aromatic rings. The van der Waals surface area contributed by atoms with E-state index < -0.39 is 0 Å². The maximum Gasteiger partial charge on any atom is 0.172 e. The lowest BCUT2D eigenvalue weighted by Gasteiger charge is -2.10. The van der Waals surface area contributed by atoms with Crippen molar-refractivity contribution in [2.24, 2.45) is 5.73 Å². The molecule has 0 saturated heterocycles. The number of phenolic OH excluding ortho intramolecular Hbond substituents is 1. The molecule has 0 spiro atoms. The number of aryl methyl sites for hydroxylation is 1. The molecule has 3 N–H and O–H groups in total. The molecule has 4 heteroatoms. The molecular weight excluding hydrogens is 246 g/mol. The fourth-order valence-corrected chi connectivity index (χ4v) is 1.62. The van der Waals surface area contributed by atoms with E-state index in [0.717, 1.165) is 18.4 Å². The maximum absolute atomic E-state index is 9.67. The zero-order valence-corrected chi connectivity index (χ0v) is 9.67. The summed E-state index contributed by atoms with van der Waals surface area (Å²) in [6.07, 6.45) is 1.71. The number of hydrogen-bond acceptors (Lipinski definition) is 3. The van der Waals surface area contributed by atoms with Crippen molar-refractivity contribution in [1.29, 1.82) is 0 Å². The number of hydrogen-bond donors (Lipinski definition) is 2. The van der Waals surface area contributed by atoms with Crippen molar-refractivity contribution in [3.05, 3.63) is 22.2 Å². The van der Waals surface area contributed by atoms with Crippen LogP contribution in [0.5, 0.6) is 11.5 Å². The van der Waals surface area contributed by atoms with E-state index in [1.807, 2.05) is 12.1 Å². The quantitative estimate of drug-likeness (QED) is 0.871. The smallest absolute Gasteiger partial charge is 0.172 e. The zero-order valence-electron chi connectivity index (χ0n) is 8.09. The highest BCUT2D eigenvalue weighted by Crippen LogP contribution is 2.37. The number of rotatable bonds is 4. The summed E-state index contributed by atoms with van der Waals surface area (Å²) < 4.78 is 5.78. The Morgan fingerprint density at radius 3 is 2.79 bits per heavy atom. The van der Waals surface area contributed by atoms with Crippen LogP contribution in [-0.4, -0.2) is 18.8 Å². The molecule has 0 aliphatic heterocycles. The largest absolute Gasteiger partial charge is 0.503 e. The van der Waals surface area contributed by atoms with Crippen molar-refractivity contribution in [2.45, 2.75) is 12.8 Å². The second-order valence-electron chi connectivity index (χ2n) is 2.98. The lowest BCUT2D eigenvalue weighted by atomic mass is 10.1. The standard InChI is InChI=1S/C10H14BrNO2/c1-14-10-7(3-2-6-12)4-5-8(11)9(10)13/h4-5,13H,2-3,6,12H2,1H3. The fourth-order valence-electron chi connectivity index (χ4n) is 1.31. The molecule has 0 fully saturated rings. The molecule has 78 valence electrons. The number of aromatic hydroxyl groups is 1. The topological polar surface area (TPSA) is 55.5 Å². The third-order valence-corrected chi connectivity index (χ3v) is 2.66. The molecule has 0 aliphatic carbocycles. The summed E-state index contributed by atoms with van der Waals surface area (Å²) in [5, 5.41) is 9.67. The Kier molecular flexibility index (Phi) is 4.22. The number of benzene rings is 1. The average Bonchev–Trinajstić information content (AvgIpc) is 2.20. The summed E-state index contributed by atoms with van der Waals surface area (Å²) in [7, 11) is 1.55. The number of nitrogens with two attached hydrogens (primary N) is 1. The van der Waals surface area contributed by atoms with Crippen LogP contribution in [0.3, 0.4) is 0 Å². The van der Waals surface area contributed by atoms with Crippen LogP contribution in [0.1, 0.15) is 12.0 Å². The van der Waals surface area contributed by atoms with Crippen molar-refractivity contribution < 1.29 is 9.84 Å². The van der Waals surface area contributed by atoms with E-state index in [2.05, 4.69) is 15.9 Å². The summed E-state index contributed by atoms with van der Waals surface area (Å²) in [5.74, 6) is 0.690. The van der Waals surface area contributed by atoms with Crippen molar-refractivity contribution in [2.75, 3.05) is 13.7 Å². The maximum atomic E-state index is 9.67. The molecule has 3 nitrogen and oxygen atoms in total. The van der Waals surface area contributed by atoms with E-state index in [-0.39, 0.29) is 5.75 Å². The van der Waals surface area contributed by atoms with E-state index in [9.17, 15) is 5.11 Å². The van der Waals surface area contributed by atoms with E-state index in [0.29, 0.717) is 16.8 Å². The third-order valence-electron chi connectivity index (χ3n) is 2.02. The Labute approximate surface area is 92.0 Å². The number of phenols is 1. The number of ether oxygens (including phenoxy) is 1. The molecule has 0 aliphatic rings. The van der Waals surface area contributed by atoms with Gasteiger partial charge in [-0.1, -0.05) is 6.07 Å². The van der Waals surface area contributed by atoms with Crippen molar-refractivity contribution >= 4 is 15.9 Å². The molecule has 0 radical (unpaired) electrons. The summed E-state index contributed by atoms with van der Waals surface area (Å²) >= 11 is 3.23. The van der Waals surface area contributed by atoms with Crippen LogP contribution >= 0.6 is 15.9 Å². The van der Waals surface area contributed by atoms with E-state index in [1.54, 1.807) is 7.11 Å². The van der Waals surface area contributed by atoms with E-state index >= 15 is 0 Å². The van der Waals surface area contributed by atoms with Crippen molar-refractivity contribution in [3.63, 3.8) is 0 Å². The van der Waals surface area contributed by atoms with Crippen LogP contribution in [-0.2, 0) is 6.42 Å². The predicted molar refractivity (Wildman–Crippen MR) is 59.7 cm³/mol. The third kappa shape index (κ3) is 2.39. The lowest BCUT2D eigenvalue weighted by Crippen LogP contribution is -2.01. The van der Waals surface area contributed by atoms with Crippen LogP contribution in [0, 0.1) is 0 Å². The molecule has 0 amide bonds. The first-order valence-electron chi connectivity index (χ1n) is 4.45. The molecule has 0 saturated carbocycles. The predicted octanol–water partition coefficient (Wildman–Crippen LogP) is 2.05. The average molecular weight is 260 g/mol. The molecule has 0 bridgehead atoms. The number of halogens is 1. The van der Waals surface area contributed by atoms with Crippen molar-refractivity contribution in [1.82, 2.24) is 0 Å². The van der Waals surface area contributed by atoms with Crippen LogP contribution in [0.25, 0.3) is 0 Å². The van der Waals surface area contributed by atoms with Crippen LogP contribution < -0.4 is 10.5 Å². The van der Waals surface area contributed by atoms with Gasteiger partial charge < -0.3 is 15.6 Å². The molecule has 1 aromatic carbocycles. The van der Waals surface area contributed by atoms with E-state index in [4.69, 9.17) is 10.5 Å². The highest BCUT2D eigenvalue weighted by Gasteiger charge is 2.10. The van der Waals surface area contributed by atoms with Gasteiger partial charge in [-0.3, -0.25) is 0 Å². The second-order valence-corrected chi connectivity index (χ2v) is 3.83. The monoisotopic (exact) mass is 259 g/mol. The zero-order chi connectivity index (χ0) is 10.6. The van der Waals surface area contributed by atoms with Crippen LogP contribution in [0.2, 0.25) is 0 Å². The van der Waals surface area contributed by atoms with Gasteiger partial charge in [-0.15, -0.1) is 0 Å². The van der Waals surface area contributed by atoms with Gasteiger partial charge >= 0.3 is 0 Å². The SMILES string of the molecule is COc1c(CCCN)ccc(Br)c1O. The minimum Gasteiger partial charge on any atom is -0.503 e. The highest BCUT2D eigenvalue weighted by molar-refractivity contribution is 9.10. The minimum absolute atomic E-state index is 0.155. The summed E-state index contributed by atoms with van der Waals surface area (Å²) in [6, 6.07) is 3.74. The van der Waals surface area contributed by atoms with Gasteiger partial charge in [-0.25, -0.2) is 0 Å². The normalized spacial score (nSPS) is 10.2. The summed E-state index contributed by atoms with van der Waals surface area (Å²) in [5.41, 5.74) is 6.41. The Morgan fingerprint density at radius 2 is 2.21 bits per heavy atom. The summed E-state index contributed by atoms with van der Waals surface area (Å²) in [4.78, 5) is 0. The minimum atomic E-state index is 0.155. The van der Waals surface area contributed by atoms with Gasteiger partial charge in [-0.2, -0.15) is 0 Å². The second kappa shape index (κ2) is 5.22. The lowest BCUT2D eigenvalue weighted by molar-refractivity contribution is 0.367.